The van der Waals surface area contributed by atoms with Crippen LogP contribution in [0.25, 0.3) is 0 Å². The summed E-state index contributed by atoms with van der Waals surface area (Å²) in [6.07, 6.45) is 8.73. The van der Waals surface area contributed by atoms with Crippen LogP contribution in [-0.4, -0.2) is 39.0 Å². The van der Waals surface area contributed by atoms with Gasteiger partial charge in [0.05, 0.1) is 5.69 Å². The molecule has 1 saturated carbocycles. The molecule has 1 aromatic rings. The zero-order chi connectivity index (χ0) is 17.7. The molecule has 1 heterocycles. The maximum absolute atomic E-state index is 12.0. The molecule has 1 unspecified atom stereocenters. The second-order valence-corrected chi connectivity index (χ2v) is 7.41. The fourth-order valence-corrected chi connectivity index (χ4v) is 4.06. The van der Waals surface area contributed by atoms with Gasteiger partial charge in [-0.25, -0.2) is 0 Å². The van der Waals surface area contributed by atoms with E-state index in [9.17, 15) is 9.90 Å². The normalized spacial score (nSPS) is 23.3. The second kappa shape index (κ2) is 8.06. The highest BCUT2D eigenvalue weighted by Crippen LogP contribution is 2.33. The minimum absolute atomic E-state index is 0.327. The van der Waals surface area contributed by atoms with Crippen LogP contribution in [0, 0.1) is 5.92 Å². The maximum atomic E-state index is 12.0. The molecule has 0 aromatic carbocycles. The van der Waals surface area contributed by atoms with Crippen LogP contribution in [0.4, 0.5) is 0 Å². The molecule has 1 N–H and O–H groups in total. The van der Waals surface area contributed by atoms with Gasteiger partial charge in [0, 0.05) is 19.3 Å². The van der Waals surface area contributed by atoms with Crippen molar-refractivity contribution < 1.29 is 9.90 Å². The highest BCUT2D eigenvalue weighted by atomic mass is 32.1. The zero-order valence-electron chi connectivity index (χ0n) is 14.9. The van der Waals surface area contributed by atoms with Gasteiger partial charge in [-0.15, -0.1) is 0 Å². The number of hydrogen-bond donors (Lipinski definition) is 1. The number of carbonyl (C=O) groups is 1. The SMILES string of the molecule is CCCC1CCC(N(C)C(=S)C(C)(C(=O)O)c2ccccn2)CC1. The molecule has 1 aliphatic carbocycles. The summed E-state index contributed by atoms with van der Waals surface area (Å²) in [6, 6.07) is 5.66. The minimum Gasteiger partial charge on any atom is -0.480 e. The predicted molar refractivity (Wildman–Crippen MR) is 100 cm³/mol. The highest BCUT2D eigenvalue weighted by molar-refractivity contribution is 7.80. The fraction of sp³-hybridized carbons (Fsp3) is 0.632. The summed E-state index contributed by atoms with van der Waals surface area (Å²) >= 11 is 5.64. The van der Waals surface area contributed by atoms with Gasteiger partial charge >= 0.3 is 5.97 Å². The van der Waals surface area contributed by atoms with Crippen LogP contribution in [0.15, 0.2) is 24.4 Å². The first-order chi connectivity index (χ1) is 11.4. The molecular weight excluding hydrogens is 320 g/mol. The summed E-state index contributed by atoms with van der Waals surface area (Å²) in [5.41, 5.74) is -0.778. The summed E-state index contributed by atoms with van der Waals surface area (Å²) in [4.78, 5) is 18.8. The number of thiocarbonyl (C=S) groups is 1. The third-order valence-electron chi connectivity index (χ3n) is 5.41. The lowest BCUT2D eigenvalue weighted by Gasteiger charge is -2.40. The van der Waals surface area contributed by atoms with E-state index >= 15 is 0 Å². The summed E-state index contributed by atoms with van der Waals surface area (Å²) in [5.74, 6) is -0.132. The zero-order valence-corrected chi connectivity index (χ0v) is 15.7. The first-order valence-electron chi connectivity index (χ1n) is 8.83. The molecule has 0 saturated heterocycles. The summed E-state index contributed by atoms with van der Waals surface area (Å²) in [6.45, 7) is 3.90. The summed E-state index contributed by atoms with van der Waals surface area (Å²) in [5, 5.41) is 9.86. The molecule has 2 rings (SSSR count). The number of carboxylic acid groups (broad SMARTS) is 1. The Morgan fingerprint density at radius 1 is 1.38 bits per heavy atom. The van der Waals surface area contributed by atoms with E-state index < -0.39 is 11.4 Å². The van der Waals surface area contributed by atoms with Crippen molar-refractivity contribution in [2.75, 3.05) is 7.05 Å². The fourth-order valence-electron chi connectivity index (χ4n) is 3.72. The molecule has 0 aliphatic heterocycles. The molecule has 0 amide bonds. The number of aromatic nitrogens is 1. The van der Waals surface area contributed by atoms with Crippen LogP contribution in [0.2, 0.25) is 0 Å². The average molecular weight is 349 g/mol. The van der Waals surface area contributed by atoms with E-state index in [0.29, 0.717) is 16.7 Å². The number of nitrogens with zero attached hydrogens (tertiary/aromatic N) is 2. The topological polar surface area (TPSA) is 53.4 Å². The van der Waals surface area contributed by atoms with E-state index in [2.05, 4.69) is 11.9 Å². The molecule has 5 heteroatoms. The molecule has 1 aromatic heterocycles. The van der Waals surface area contributed by atoms with Gasteiger partial charge in [0.1, 0.15) is 4.99 Å². The number of carboxylic acids is 1. The monoisotopic (exact) mass is 348 g/mol. The van der Waals surface area contributed by atoms with Crippen molar-refractivity contribution in [1.29, 1.82) is 0 Å². The number of rotatable bonds is 6. The molecule has 1 fully saturated rings. The van der Waals surface area contributed by atoms with Gasteiger partial charge in [-0.3, -0.25) is 9.78 Å². The number of likely N-dealkylation sites (N-methyl/N-ethyl adjacent to an activating group) is 1. The first kappa shape index (κ1) is 18.8. The Hall–Kier alpha value is -1.49. The van der Waals surface area contributed by atoms with Crippen molar-refractivity contribution >= 4 is 23.2 Å². The quantitative estimate of drug-likeness (QED) is 0.786. The van der Waals surface area contributed by atoms with Crippen LogP contribution in [0.5, 0.6) is 0 Å². The van der Waals surface area contributed by atoms with Crippen LogP contribution in [0.3, 0.4) is 0 Å². The molecule has 4 nitrogen and oxygen atoms in total. The van der Waals surface area contributed by atoms with Gasteiger partial charge in [-0.2, -0.15) is 0 Å². The van der Waals surface area contributed by atoms with Gasteiger partial charge < -0.3 is 10.0 Å². The lowest BCUT2D eigenvalue weighted by atomic mass is 9.81. The predicted octanol–water partition coefficient (Wildman–Crippen LogP) is 4.04. The van der Waals surface area contributed by atoms with Crippen LogP contribution >= 0.6 is 12.2 Å². The Labute approximate surface area is 150 Å². The largest absolute Gasteiger partial charge is 0.480 e. The third-order valence-corrected chi connectivity index (χ3v) is 6.11. The Morgan fingerprint density at radius 2 is 2.04 bits per heavy atom. The van der Waals surface area contributed by atoms with Gasteiger partial charge in [-0.05, 0) is 50.7 Å². The van der Waals surface area contributed by atoms with Crippen LogP contribution in [-0.2, 0) is 10.2 Å². The van der Waals surface area contributed by atoms with E-state index in [0.717, 1.165) is 18.8 Å². The molecular formula is C19H28N2O2S. The number of pyridine rings is 1. The first-order valence-corrected chi connectivity index (χ1v) is 9.24. The Bertz CT molecular complexity index is 570. The van der Waals surface area contributed by atoms with E-state index in [1.54, 1.807) is 25.3 Å². The lowest BCUT2D eigenvalue weighted by Crippen LogP contribution is -2.51. The summed E-state index contributed by atoms with van der Waals surface area (Å²) < 4.78 is 0. The van der Waals surface area contributed by atoms with Crippen molar-refractivity contribution in [3.05, 3.63) is 30.1 Å². The van der Waals surface area contributed by atoms with E-state index in [-0.39, 0.29) is 0 Å². The van der Waals surface area contributed by atoms with Crippen molar-refractivity contribution in [2.45, 2.75) is 63.8 Å². The second-order valence-electron chi connectivity index (χ2n) is 7.02. The molecule has 1 atom stereocenters. The van der Waals surface area contributed by atoms with Crippen LogP contribution < -0.4 is 0 Å². The minimum atomic E-state index is -1.27. The molecule has 132 valence electrons. The van der Waals surface area contributed by atoms with Gasteiger partial charge in [-0.1, -0.05) is 38.0 Å². The molecule has 0 bridgehead atoms. The van der Waals surface area contributed by atoms with Crippen molar-refractivity contribution in [3.8, 4) is 0 Å². The van der Waals surface area contributed by atoms with Gasteiger partial charge in [0.15, 0.2) is 5.41 Å². The summed E-state index contributed by atoms with van der Waals surface area (Å²) in [7, 11) is 1.94. The van der Waals surface area contributed by atoms with Crippen molar-refractivity contribution in [2.24, 2.45) is 5.92 Å². The maximum Gasteiger partial charge on any atom is 0.322 e. The standard InChI is InChI=1S/C19H28N2O2S/c1-4-7-14-9-11-15(12-10-14)21(3)17(24)19(2,18(22)23)16-8-5-6-13-20-16/h5-6,8,13-15H,4,7,9-12H2,1-3H3,(H,22,23). The highest BCUT2D eigenvalue weighted by Gasteiger charge is 2.44. The van der Waals surface area contributed by atoms with E-state index in [4.69, 9.17) is 12.2 Å². The smallest absolute Gasteiger partial charge is 0.322 e. The lowest BCUT2D eigenvalue weighted by molar-refractivity contribution is -0.140. The number of hydrogen-bond acceptors (Lipinski definition) is 3. The molecule has 24 heavy (non-hydrogen) atoms. The Kier molecular flexibility index (Phi) is 6.33. The van der Waals surface area contributed by atoms with Crippen LogP contribution in [0.1, 0.15) is 58.1 Å². The van der Waals surface area contributed by atoms with Gasteiger partial charge in [0.2, 0.25) is 0 Å². The van der Waals surface area contributed by atoms with E-state index in [1.807, 2.05) is 18.0 Å². The Balaban J connectivity index is 2.15. The molecule has 0 radical (unpaired) electrons. The van der Waals surface area contributed by atoms with Crippen molar-refractivity contribution in [1.82, 2.24) is 9.88 Å². The molecule has 1 aliphatic rings. The Morgan fingerprint density at radius 3 is 2.54 bits per heavy atom. The third kappa shape index (κ3) is 3.77. The average Bonchev–Trinajstić information content (AvgIpc) is 2.61. The van der Waals surface area contributed by atoms with Gasteiger partial charge in [0.25, 0.3) is 0 Å². The molecule has 0 spiro atoms. The number of aliphatic carboxylic acids is 1. The van der Waals surface area contributed by atoms with E-state index in [1.165, 1.54) is 25.7 Å². The van der Waals surface area contributed by atoms with Crippen molar-refractivity contribution in [3.63, 3.8) is 0 Å².